The molecule has 3 heterocycles. The van der Waals surface area contributed by atoms with Gasteiger partial charge in [0.25, 0.3) is 0 Å². The maximum absolute atomic E-state index is 13.6. The van der Waals surface area contributed by atoms with Crippen LogP contribution in [-0.2, 0) is 21.4 Å². The second kappa shape index (κ2) is 10.1. The van der Waals surface area contributed by atoms with Gasteiger partial charge in [-0.1, -0.05) is 24.3 Å². The zero-order valence-corrected chi connectivity index (χ0v) is 20.7. The van der Waals surface area contributed by atoms with E-state index in [-0.39, 0.29) is 17.2 Å². The normalized spacial score (nSPS) is 15.3. The molecule has 2 aromatic carbocycles. The summed E-state index contributed by atoms with van der Waals surface area (Å²) in [4.78, 5) is 20.8. The van der Waals surface area contributed by atoms with Gasteiger partial charge in [-0.25, -0.2) is 8.42 Å². The standard InChI is InChI=1S/C26H30N6O3S/c27-25-10-5-14-31(25)15-12-23(29-36(34,35)24-9-4-8-22-21(24)11-13-28-22)26(33)32-18-16-30(17-19-32)20-6-2-1-3-7-20/h1-11,13-14,23,28-29H,12,15-19,27H2. The van der Waals surface area contributed by atoms with Crippen LogP contribution >= 0.6 is 0 Å². The Balaban J connectivity index is 1.35. The zero-order chi connectivity index (χ0) is 25.1. The number of carbonyl (C=O) groups excluding carboxylic acids is 1. The molecule has 9 nitrogen and oxygen atoms in total. The topological polar surface area (TPSA) is 116 Å². The minimum absolute atomic E-state index is 0.147. The van der Waals surface area contributed by atoms with Crippen molar-refractivity contribution in [3.05, 3.63) is 79.1 Å². The summed E-state index contributed by atoms with van der Waals surface area (Å²) < 4.78 is 31.5. The summed E-state index contributed by atoms with van der Waals surface area (Å²) in [5.41, 5.74) is 7.84. The fourth-order valence-corrected chi connectivity index (χ4v) is 6.16. The van der Waals surface area contributed by atoms with E-state index < -0.39 is 16.1 Å². The van der Waals surface area contributed by atoms with Gasteiger partial charge in [0, 0.05) is 61.7 Å². The number of nitrogens with two attached hydrogens (primary N) is 1. The van der Waals surface area contributed by atoms with Crippen LogP contribution in [0.3, 0.4) is 0 Å². The Labute approximate surface area is 210 Å². The van der Waals surface area contributed by atoms with Gasteiger partial charge in [0.05, 0.1) is 4.90 Å². The third-order valence-corrected chi connectivity index (χ3v) is 8.21. The van der Waals surface area contributed by atoms with Gasteiger partial charge >= 0.3 is 0 Å². The Morgan fingerprint density at radius 3 is 2.47 bits per heavy atom. The molecule has 1 atom stereocenters. The summed E-state index contributed by atoms with van der Waals surface area (Å²) in [6.45, 7) is 2.82. The number of aromatic nitrogens is 2. The van der Waals surface area contributed by atoms with E-state index in [9.17, 15) is 13.2 Å². The lowest BCUT2D eigenvalue weighted by atomic mass is 10.1. The number of hydrogen-bond donors (Lipinski definition) is 3. The molecule has 1 saturated heterocycles. The average Bonchev–Trinajstić information content (AvgIpc) is 3.55. The van der Waals surface area contributed by atoms with Crippen LogP contribution in [0.2, 0.25) is 0 Å². The van der Waals surface area contributed by atoms with Crippen LogP contribution in [0.15, 0.2) is 84.0 Å². The number of aromatic amines is 1. The van der Waals surface area contributed by atoms with Crippen LogP contribution in [-0.4, -0.2) is 61.0 Å². The number of nitrogens with zero attached hydrogens (tertiary/aromatic N) is 3. The summed E-state index contributed by atoms with van der Waals surface area (Å²) in [5.74, 6) is 0.343. The number of H-pyrrole nitrogens is 1. The van der Waals surface area contributed by atoms with Crippen LogP contribution in [0.1, 0.15) is 6.42 Å². The van der Waals surface area contributed by atoms with Gasteiger partial charge in [-0.05, 0) is 48.9 Å². The van der Waals surface area contributed by atoms with Gasteiger partial charge in [-0.2, -0.15) is 4.72 Å². The lowest BCUT2D eigenvalue weighted by Crippen LogP contribution is -2.55. The van der Waals surface area contributed by atoms with E-state index in [4.69, 9.17) is 5.73 Å². The van der Waals surface area contributed by atoms with Crippen molar-refractivity contribution < 1.29 is 13.2 Å². The Morgan fingerprint density at radius 1 is 0.972 bits per heavy atom. The Hall–Kier alpha value is -3.76. The van der Waals surface area contributed by atoms with Crippen LogP contribution < -0.4 is 15.4 Å². The quantitative estimate of drug-likeness (QED) is 0.340. The van der Waals surface area contributed by atoms with E-state index in [2.05, 4.69) is 26.7 Å². The molecule has 1 unspecified atom stereocenters. The summed E-state index contributed by atoms with van der Waals surface area (Å²) in [7, 11) is -3.96. The van der Waals surface area contributed by atoms with Gasteiger partial charge in [-0.3, -0.25) is 4.79 Å². The van der Waals surface area contributed by atoms with Gasteiger partial charge in [0.1, 0.15) is 11.9 Å². The average molecular weight is 507 g/mol. The third-order valence-electron chi connectivity index (χ3n) is 6.68. The van der Waals surface area contributed by atoms with Gasteiger partial charge in [-0.15, -0.1) is 0 Å². The molecule has 4 aromatic rings. The molecule has 0 spiro atoms. The number of rotatable bonds is 8. The first kappa shape index (κ1) is 24.0. The van der Waals surface area contributed by atoms with Crippen molar-refractivity contribution in [2.45, 2.75) is 23.9 Å². The van der Waals surface area contributed by atoms with Crippen molar-refractivity contribution in [1.82, 2.24) is 19.2 Å². The van der Waals surface area contributed by atoms with E-state index in [0.717, 1.165) is 11.2 Å². The zero-order valence-electron chi connectivity index (χ0n) is 19.9. The molecule has 0 aliphatic carbocycles. The Kier molecular flexibility index (Phi) is 6.71. The molecule has 1 fully saturated rings. The van der Waals surface area contributed by atoms with Crippen molar-refractivity contribution in [1.29, 1.82) is 0 Å². The molecule has 1 amide bonds. The Bertz CT molecular complexity index is 1440. The number of nitrogen functional groups attached to an aromatic ring is 1. The highest BCUT2D eigenvalue weighted by molar-refractivity contribution is 7.89. The number of sulfonamides is 1. The maximum atomic E-state index is 13.6. The van der Waals surface area contributed by atoms with Crippen molar-refractivity contribution in [2.75, 3.05) is 36.8 Å². The van der Waals surface area contributed by atoms with Gasteiger partial charge in [0.15, 0.2) is 0 Å². The molecule has 0 saturated carbocycles. The first-order valence-electron chi connectivity index (χ1n) is 12.0. The number of carbonyl (C=O) groups is 1. The first-order valence-corrected chi connectivity index (χ1v) is 13.5. The summed E-state index contributed by atoms with van der Waals surface area (Å²) >= 11 is 0. The predicted octanol–water partition coefficient (Wildman–Crippen LogP) is 2.64. The second-order valence-corrected chi connectivity index (χ2v) is 10.6. The summed E-state index contributed by atoms with van der Waals surface area (Å²) in [6, 6.07) is 19.5. The lowest BCUT2D eigenvalue weighted by Gasteiger charge is -2.37. The number of nitrogens with one attached hydrogen (secondary N) is 2. The smallest absolute Gasteiger partial charge is 0.241 e. The number of hydrogen-bond acceptors (Lipinski definition) is 5. The summed E-state index contributed by atoms with van der Waals surface area (Å²) in [5, 5.41) is 0.585. The monoisotopic (exact) mass is 506 g/mol. The molecule has 36 heavy (non-hydrogen) atoms. The number of aryl methyl sites for hydroxylation is 1. The highest BCUT2D eigenvalue weighted by Gasteiger charge is 2.32. The van der Waals surface area contributed by atoms with Gasteiger partial charge in [0.2, 0.25) is 15.9 Å². The van der Waals surface area contributed by atoms with Crippen molar-refractivity contribution in [3.8, 4) is 0 Å². The highest BCUT2D eigenvalue weighted by atomic mass is 32.2. The van der Waals surface area contributed by atoms with E-state index in [1.807, 2.05) is 41.1 Å². The molecule has 1 aliphatic heterocycles. The SMILES string of the molecule is Nc1cccn1CCC(NS(=O)(=O)c1cccc2[nH]ccc12)C(=O)N1CCN(c2ccccc2)CC1. The molecule has 0 radical (unpaired) electrons. The first-order chi connectivity index (χ1) is 17.4. The van der Waals surface area contributed by atoms with E-state index in [1.165, 1.54) is 0 Å². The molecular weight excluding hydrogens is 476 g/mol. The third kappa shape index (κ3) is 4.95. The molecule has 188 valence electrons. The molecule has 2 aromatic heterocycles. The van der Waals surface area contributed by atoms with Gasteiger partial charge < -0.3 is 25.1 Å². The number of amides is 1. The summed E-state index contributed by atoms with van der Waals surface area (Å²) in [6.07, 6.45) is 3.80. The minimum Gasteiger partial charge on any atom is -0.385 e. The molecule has 1 aliphatic rings. The van der Waals surface area contributed by atoms with E-state index >= 15 is 0 Å². The number of fused-ring (bicyclic) bond motifs is 1. The second-order valence-electron chi connectivity index (χ2n) is 8.93. The molecule has 5 rings (SSSR count). The fourth-order valence-electron chi connectivity index (χ4n) is 4.72. The van der Waals surface area contributed by atoms with Crippen LogP contribution in [0, 0.1) is 0 Å². The van der Waals surface area contributed by atoms with Crippen LogP contribution in [0.25, 0.3) is 10.9 Å². The van der Waals surface area contributed by atoms with Crippen LogP contribution in [0.5, 0.6) is 0 Å². The number of piperazine rings is 1. The largest absolute Gasteiger partial charge is 0.385 e. The van der Waals surface area contributed by atoms with Crippen LogP contribution in [0.4, 0.5) is 11.5 Å². The van der Waals surface area contributed by atoms with Crippen molar-refractivity contribution >= 4 is 38.3 Å². The molecule has 4 N–H and O–H groups in total. The van der Waals surface area contributed by atoms with E-state index in [0.29, 0.717) is 43.9 Å². The number of benzene rings is 2. The maximum Gasteiger partial charge on any atom is 0.241 e. The predicted molar refractivity (Wildman–Crippen MR) is 141 cm³/mol. The van der Waals surface area contributed by atoms with Crippen molar-refractivity contribution in [2.24, 2.45) is 0 Å². The molecule has 0 bridgehead atoms. The van der Waals surface area contributed by atoms with E-state index in [1.54, 1.807) is 35.4 Å². The number of anilines is 2. The highest BCUT2D eigenvalue weighted by Crippen LogP contribution is 2.23. The lowest BCUT2D eigenvalue weighted by molar-refractivity contribution is -0.133. The Morgan fingerprint density at radius 2 is 1.75 bits per heavy atom. The molecular formula is C26H30N6O3S. The number of para-hydroxylation sites is 1. The minimum atomic E-state index is -3.96. The fraction of sp³-hybridized carbons (Fsp3) is 0.269. The molecule has 10 heteroatoms. The van der Waals surface area contributed by atoms with Crippen molar-refractivity contribution in [3.63, 3.8) is 0 Å².